The highest BCUT2D eigenvalue weighted by Gasteiger charge is 2.27. The Morgan fingerprint density at radius 1 is 1.41 bits per heavy atom. The molecule has 17 heavy (non-hydrogen) atoms. The highest BCUT2D eigenvalue weighted by atomic mass is 35.5. The van der Waals surface area contributed by atoms with Gasteiger partial charge in [0.15, 0.2) is 0 Å². The van der Waals surface area contributed by atoms with Crippen LogP contribution in [0.25, 0.3) is 0 Å². The number of nitrogens with zero attached hydrogens (tertiary/aromatic N) is 1. The summed E-state index contributed by atoms with van der Waals surface area (Å²) in [5.41, 5.74) is 3.25. The third-order valence-electron chi connectivity index (χ3n) is 3.40. The van der Waals surface area contributed by atoms with Gasteiger partial charge in [-0.1, -0.05) is 11.6 Å². The molecule has 0 saturated heterocycles. The van der Waals surface area contributed by atoms with E-state index in [1.54, 1.807) is 12.3 Å². The fourth-order valence-corrected chi connectivity index (χ4v) is 2.58. The number of pyridine rings is 1. The predicted octanol–water partition coefficient (Wildman–Crippen LogP) is 2.00. The summed E-state index contributed by atoms with van der Waals surface area (Å²) in [5, 5.41) is 0.719. The van der Waals surface area contributed by atoms with E-state index < -0.39 is 0 Å². The van der Waals surface area contributed by atoms with Crippen molar-refractivity contribution in [1.29, 1.82) is 0 Å². The largest absolute Gasteiger partial charge is 0.294 e. The summed E-state index contributed by atoms with van der Waals surface area (Å²) in [6.07, 6.45) is 5.39. The van der Waals surface area contributed by atoms with Gasteiger partial charge in [0.05, 0.1) is 0 Å². The second kappa shape index (κ2) is 5.47. The zero-order chi connectivity index (χ0) is 12.3. The van der Waals surface area contributed by atoms with Gasteiger partial charge in [-0.3, -0.25) is 15.2 Å². The van der Waals surface area contributed by atoms with Crippen molar-refractivity contribution in [3.8, 4) is 0 Å². The van der Waals surface area contributed by atoms with Crippen LogP contribution in [0.3, 0.4) is 0 Å². The molecule has 1 fully saturated rings. The van der Waals surface area contributed by atoms with Crippen molar-refractivity contribution in [2.24, 2.45) is 11.8 Å². The Morgan fingerprint density at radius 2 is 2.12 bits per heavy atom. The van der Waals surface area contributed by atoms with Gasteiger partial charge in [-0.25, -0.2) is 5.84 Å². The van der Waals surface area contributed by atoms with Gasteiger partial charge in [0.1, 0.15) is 0 Å². The molecule has 1 heterocycles. The van der Waals surface area contributed by atoms with Crippen LogP contribution in [0.5, 0.6) is 0 Å². The average Bonchev–Trinajstić information content (AvgIpc) is 2.38. The summed E-state index contributed by atoms with van der Waals surface area (Å²) < 4.78 is 0. The number of carbonyl (C=O) groups is 1. The van der Waals surface area contributed by atoms with E-state index in [-0.39, 0.29) is 11.8 Å². The molecule has 92 valence electrons. The van der Waals surface area contributed by atoms with Crippen LogP contribution in [0, 0.1) is 5.92 Å². The molecule has 2 rings (SSSR count). The number of carbonyl (C=O) groups excluding carboxylic acids is 1. The Bertz CT molecular complexity index is 402. The van der Waals surface area contributed by atoms with E-state index in [0.29, 0.717) is 5.92 Å². The molecule has 1 aliphatic rings. The third-order valence-corrected chi connectivity index (χ3v) is 3.64. The predicted molar refractivity (Wildman–Crippen MR) is 66.3 cm³/mol. The number of hydrogen-bond acceptors (Lipinski definition) is 3. The first kappa shape index (κ1) is 12.3. The minimum atomic E-state index is -0.0532. The van der Waals surface area contributed by atoms with Gasteiger partial charge < -0.3 is 0 Å². The molecule has 0 radical (unpaired) electrons. The number of nitrogens with two attached hydrogens (primary N) is 1. The molecule has 3 N–H and O–H groups in total. The van der Waals surface area contributed by atoms with E-state index in [9.17, 15) is 4.79 Å². The van der Waals surface area contributed by atoms with Gasteiger partial charge in [-0.05, 0) is 37.8 Å². The fraction of sp³-hybridized carbons (Fsp3) is 0.500. The van der Waals surface area contributed by atoms with Crippen molar-refractivity contribution in [2.75, 3.05) is 0 Å². The smallest absolute Gasteiger partial charge is 0.236 e. The van der Waals surface area contributed by atoms with Gasteiger partial charge in [0, 0.05) is 28.7 Å². The molecule has 0 spiro atoms. The van der Waals surface area contributed by atoms with Crippen LogP contribution in [-0.4, -0.2) is 10.9 Å². The van der Waals surface area contributed by atoms with Crippen molar-refractivity contribution in [2.45, 2.75) is 31.6 Å². The van der Waals surface area contributed by atoms with Crippen molar-refractivity contribution >= 4 is 17.5 Å². The second-order valence-corrected chi connectivity index (χ2v) is 4.89. The lowest BCUT2D eigenvalue weighted by Gasteiger charge is -2.26. The molecule has 0 unspecified atom stereocenters. The summed E-state index contributed by atoms with van der Waals surface area (Å²) in [4.78, 5) is 15.7. The first-order valence-corrected chi connectivity index (χ1v) is 6.20. The molecule has 1 aliphatic carbocycles. The first-order chi connectivity index (χ1) is 8.20. The normalized spacial score (nSPS) is 24.4. The molecule has 4 nitrogen and oxygen atoms in total. The Kier molecular flexibility index (Phi) is 3.97. The molecule has 5 heteroatoms. The van der Waals surface area contributed by atoms with E-state index >= 15 is 0 Å². The van der Waals surface area contributed by atoms with E-state index in [0.717, 1.165) is 36.4 Å². The van der Waals surface area contributed by atoms with Gasteiger partial charge in [0.25, 0.3) is 0 Å². The second-order valence-electron chi connectivity index (χ2n) is 4.46. The molecule has 1 saturated carbocycles. The molecule has 1 aromatic heterocycles. The van der Waals surface area contributed by atoms with Gasteiger partial charge in [-0.2, -0.15) is 0 Å². The SMILES string of the molecule is NNC(=O)[C@H]1CC[C@H](c2cc(Cl)ccn2)CC1. The Hall–Kier alpha value is -1.13. The Morgan fingerprint density at radius 3 is 2.71 bits per heavy atom. The summed E-state index contributed by atoms with van der Waals surface area (Å²) in [7, 11) is 0. The lowest BCUT2D eigenvalue weighted by atomic mass is 9.80. The maximum atomic E-state index is 11.4. The summed E-state index contributed by atoms with van der Waals surface area (Å²) in [6.45, 7) is 0. The number of aromatic nitrogens is 1. The van der Waals surface area contributed by atoms with Crippen LogP contribution in [0.4, 0.5) is 0 Å². The highest BCUT2D eigenvalue weighted by molar-refractivity contribution is 6.30. The molecule has 0 aliphatic heterocycles. The van der Waals surface area contributed by atoms with Gasteiger partial charge in [-0.15, -0.1) is 0 Å². The van der Waals surface area contributed by atoms with Crippen molar-refractivity contribution in [1.82, 2.24) is 10.4 Å². The topological polar surface area (TPSA) is 68.0 Å². The Labute approximate surface area is 106 Å². The standard InChI is InChI=1S/C12H16ClN3O/c13-10-5-6-15-11(7-10)8-1-3-9(4-2-8)12(17)16-14/h5-9H,1-4,14H2,(H,16,17)/t8-,9-. The van der Waals surface area contributed by atoms with E-state index in [2.05, 4.69) is 10.4 Å². The van der Waals surface area contributed by atoms with E-state index in [4.69, 9.17) is 17.4 Å². The minimum Gasteiger partial charge on any atom is -0.294 e. The van der Waals surface area contributed by atoms with E-state index in [1.165, 1.54) is 0 Å². The number of nitrogens with one attached hydrogen (secondary N) is 1. The molecular weight excluding hydrogens is 238 g/mol. The molecule has 1 aromatic rings. The maximum Gasteiger partial charge on any atom is 0.236 e. The molecular formula is C12H16ClN3O. The summed E-state index contributed by atoms with van der Waals surface area (Å²) >= 11 is 5.94. The molecule has 0 aromatic carbocycles. The number of halogens is 1. The Balaban J connectivity index is 1.97. The van der Waals surface area contributed by atoms with E-state index in [1.807, 2.05) is 6.07 Å². The number of hydrogen-bond donors (Lipinski definition) is 2. The first-order valence-electron chi connectivity index (χ1n) is 5.82. The van der Waals surface area contributed by atoms with Crippen molar-refractivity contribution in [3.63, 3.8) is 0 Å². The van der Waals surface area contributed by atoms with Gasteiger partial charge in [0.2, 0.25) is 5.91 Å². The monoisotopic (exact) mass is 253 g/mol. The zero-order valence-corrected chi connectivity index (χ0v) is 10.3. The van der Waals surface area contributed by atoms with Crippen LogP contribution >= 0.6 is 11.6 Å². The zero-order valence-electron chi connectivity index (χ0n) is 9.53. The van der Waals surface area contributed by atoms with Crippen LogP contribution in [0.15, 0.2) is 18.3 Å². The number of hydrazine groups is 1. The van der Waals surface area contributed by atoms with Crippen LogP contribution in [0.1, 0.15) is 37.3 Å². The van der Waals surface area contributed by atoms with Crippen molar-refractivity contribution < 1.29 is 4.79 Å². The summed E-state index contributed by atoms with van der Waals surface area (Å²) in [5.74, 6) is 5.55. The maximum absolute atomic E-state index is 11.4. The van der Waals surface area contributed by atoms with Crippen LogP contribution in [-0.2, 0) is 4.79 Å². The average molecular weight is 254 g/mol. The number of amides is 1. The molecule has 0 bridgehead atoms. The summed E-state index contributed by atoms with van der Waals surface area (Å²) in [6, 6.07) is 3.69. The number of rotatable bonds is 2. The molecule has 0 atom stereocenters. The lowest BCUT2D eigenvalue weighted by Crippen LogP contribution is -2.37. The highest BCUT2D eigenvalue weighted by Crippen LogP contribution is 2.35. The quantitative estimate of drug-likeness (QED) is 0.481. The van der Waals surface area contributed by atoms with Gasteiger partial charge >= 0.3 is 0 Å². The minimum absolute atomic E-state index is 0.0513. The molecule has 1 amide bonds. The van der Waals surface area contributed by atoms with Crippen LogP contribution < -0.4 is 11.3 Å². The third kappa shape index (κ3) is 2.96. The fourth-order valence-electron chi connectivity index (χ4n) is 2.41. The van der Waals surface area contributed by atoms with Crippen LogP contribution in [0.2, 0.25) is 5.02 Å². The lowest BCUT2D eigenvalue weighted by molar-refractivity contribution is -0.126. The van der Waals surface area contributed by atoms with Crippen molar-refractivity contribution in [3.05, 3.63) is 29.0 Å².